The highest BCUT2D eigenvalue weighted by molar-refractivity contribution is 6.07. The van der Waals surface area contributed by atoms with Gasteiger partial charge in [-0.1, -0.05) is 18.1 Å². The summed E-state index contributed by atoms with van der Waals surface area (Å²) >= 11 is 0. The molecule has 0 fully saturated rings. The van der Waals surface area contributed by atoms with Gasteiger partial charge in [-0.05, 0) is 55.0 Å². The van der Waals surface area contributed by atoms with Gasteiger partial charge in [0, 0.05) is 25.3 Å². The summed E-state index contributed by atoms with van der Waals surface area (Å²) in [4.78, 5) is 14.3. The first-order valence-electron chi connectivity index (χ1n) is 8.38. The number of ketones is 1. The molecule has 0 aromatic heterocycles. The van der Waals surface area contributed by atoms with Crippen LogP contribution in [0.25, 0.3) is 6.08 Å². The summed E-state index contributed by atoms with van der Waals surface area (Å²) in [5, 5.41) is 0. The zero-order chi connectivity index (χ0) is 18.9. The molecule has 2 aromatic rings. The van der Waals surface area contributed by atoms with E-state index in [9.17, 15) is 4.79 Å². The lowest BCUT2D eigenvalue weighted by molar-refractivity contribution is 0.104. The van der Waals surface area contributed by atoms with Gasteiger partial charge in [0.05, 0.1) is 6.61 Å². The Morgan fingerprint density at radius 3 is 2.46 bits per heavy atom. The molecule has 0 unspecified atom stereocenters. The molecule has 0 atom stereocenters. The minimum absolute atomic E-state index is 0.0547. The fraction of sp³-hybridized carbons (Fsp3) is 0.227. The molecule has 0 N–H and O–H groups in total. The van der Waals surface area contributed by atoms with Gasteiger partial charge in [-0.3, -0.25) is 4.79 Å². The van der Waals surface area contributed by atoms with Gasteiger partial charge in [-0.15, -0.1) is 6.42 Å². The highest BCUT2D eigenvalue weighted by atomic mass is 16.5. The van der Waals surface area contributed by atoms with E-state index < -0.39 is 0 Å². The van der Waals surface area contributed by atoms with Gasteiger partial charge >= 0.3 is 0 Å². The minimum Gasteiger partial charge on any atom is -0.490 e. The Bertz CT molecular complexity index is 814. The Morgan fingerprint density at radius 2 is 1.85 bits per heavy atom. The van der Waals surface area contributed by atoms with Crippen molar-refractivity contribution in [1.29, 1.82) is 0 Å². The summed E-state index contributed by atoms with van der Waals surface area (Å²) in [6.45, 7) is 2.59. The van der Waals surface area contributed by atoms with Crippen molar-refractivity contribution in [3.8, 4) is 23.8 Å². The van der Waals surface area contributed by atoms with Crippen molar-refractivity contribution in [1.82, 2.24) is 0 Å². The molecule has 0 spiro atoms. The monoisotopic (exact) mass is 349 g/mol. The molecule has 0 aliphatic heterocycles. The van der Waals surface area contributed by atoms with E-state index in [4.69, 9.17) is 15.9 Å². The van der Waals surface area contributed by atoms with Crippen LogP contribution in [0.1, 0.15) is 22.8 Å². The number of allylic oxidation sites excluding steroid dienone is 1. The lowest BCUT2D eigenvalue weighted by Crippen LogP contribution is -2.08. The molecule has 26 heavy (non-hydrogen) atoms. The fourth-order valence-electron chi connectivity index (χ4n) is 2.33. The van der Waals surface area contributed by atoms with Crippen LogP contribution in [0.15, 0.2) is 48.5 Å². The van der Waals surface area contributed by atoms with Crippen LogP contribution in [0.4, 0.5) is 5.69 Å². The highest BCUT2D eigenvalue weighted by Gasteiger charge is 2.06. The van der Waals surface area contributed by atoms with E-state index >= 15 is 0 Å². The third-order valence-electron chi connectivity index (χ3n) is 3.67. The summed E-state index contributed by atoms with van der Waals surface area (Å²) < 4.78 is 11.0. The number of hydrogen-bond acceptors (Lipinski definition) is 4. The van der Waals surface area contributed by atoms with Crippen molar-refractivity contribution in [2.75, 3.05) is 32.2 Å². The molecule has 0 amide bonds. The number of benzene rings is 2. The van der Waals surface area contributed by atoms with E-state index in [2.05, 4.69) is 5.92 Å². The maximum absolute atomic E-state index is 12.3. The zero-order valence-electron chi connectivity index (χ0n) is 15.4. The number of carbonyl (C=O) groups excluding carboxylic acids is 1. The van der Waals surface area contributed by atoms with Gasteiger partial charge in [-0.25, -0.2) is 0 Å². The van der Waals surface area contributed by atoms with Crippen molar-refractivity contribution in [2.45, 2.75) is 6.92 Å². The van der Waals surface area contributed by atoms with Gasteiger partial charge in [-0.2, -0.15) is 0 Å². The molecule has 4 nitrogen and oxygen atoms in total. The zero-order valence-corrected chi connectivity index (χ0v) is 15.4. The van der Waals surface area contributed by atoms with Crippen LogP contribution in [0.3, 0.4) is 0 Å². The lowest BCUT2D eigenvalue weighted by Gasteiger charge is -2.12. The van der Waals surface area contributed by atoms with Crippen LogP contribution >= 0.6 is 0 Å². The van der Waals surface area contributed by atoms with Crippen LogP contribution in [-0.2, 0) is 0 Å². The summed E-state index contributed by atoms with van der Waals surface area (Å²) in [6.07, 6.45) is 8.54. The van der Waals surface area contributed by atoms with Gasteiger partial charge in [0.2, 0.25) is 0 Å². The van der Waals surface area contributed by atoms with Crippen molar-refractivity contribution in [2.24, 2.45) is 0 Å². The molecule has 4 heteroatoms. The van der Waals surface area contributed by atoms with E-state index in [0.717, 1.165) is 11.3 Å². The van der Waals surface area contributed by atoms with Crippen molar-refractivity contribution >= 4 is 17.5 Å². The van der Waals surface area contributed by atoms with Gasteiger partial charge in [0.25, 0.3) is 0 Å². The first-order valence-corrected chi connectivity index (χ1v) is 8.38. The molecule has 0 aliphatic rings. The maximum Gasteiger partial charge on any atom is 0.185 e. The first-order chi connectivity index (χ1) is 12.5. The number of carbonyl (C=O) groups is 1. The normalized spacial score (nSPS) is 10.4. The minimum atomic E-state index is -0.0547. The molecule has 2 rings (SSSR count). The fourth-order valence-corrected chi connectivity index (χ4v) is 2.33. The number of hydrogen-bond donors (Lipinski definition) is 0. The Labute approximate surface area is 155 Å². The molecule has 0 bridgehead atoms. The van der Waals surface area contributed by atoms with E-state index in [1.807, 2.05) is 62.3 Å². The predicted octanol–water partition coefficient (Wildman–Crippen LogP) is 4.06. The summed E-state index contributed by atoms with van der Waals surface area (Å²) in [6, 6.07) is 13.0. The van der Waals surface area contributed by atoms with Crippen LogP contribution in [0, 0.1) is 12.3 Å². The number of terminal acetylenes is 1. The summed E-state index contributed by atoms with van der Waals surface area (Å²) in [5.74, 6) is 3.57. The van der Waals surface area contributed by atoms with E-state index in [0.29, 0.717) is 23.7 Å². The second kappa shape index (κ2) is 9.33. The number of ether oxygens (including phenoxy) is 2. The third-order valence-corrected chi connectivity index (χ3v) is 3.67. The Balaban J connectivity index is 2.14. The second-order valence-corrected chi connectivity index (χ2v) is 5.77. The molecule has 0 saturated carbocycles. The SMILES string of the molecule is C#CCOc1ccc(/C=C/C(=O)c2ccc(N(C)C)cc2)cc1OCC. The molecule has 0 aliphatic carbocycles. The van der Waals surface area contributed by atoms with Crippen LogP contribution < -0.4 is 14.4 Å². The molecule has 0 saturated heterocycles. The van der Waals surface area contributed by atoms with Crippen molar-refractivity contribution in [3.63, 3.8) is 0 Å². The molecule has 2 aromatic carbocycles. The summed E-state index contributed by atoms with van der Waals surface area (Å²) in [5.41, 5.74) is 2.54. The van der Waals surface area contributed by atoms with E-state index in [1.165, 1.54) is 0 Å². The molecule has 134 valence electrons. The Morgan fingerprint density at radius 1 is 1.12 bits per heavy atom. The number of nitrogens with zero attached hydrogens (tertiary/aromatic N) is 1. The topological polar surface area (TPSA) is 38.8 Å². The van der Waals surface area contributed by atoms with E-state index in [-0.39, 0.29) is 12.4 Å². The van der Waals surface area contributed by atoms with Gasteiger partial charge < -0.3 is 14.4 Å². The smallest absolute Gasteiger partial charge is 0.185 e. The largest absolute Gasteiger partial charge is 0.490 e. The maximum atomic E-state index is 12.3. The number of rotatable bonds is 8. The molecule has 0 heterocycles. The Hall–Kier alpha value is -3.19. The van der Waals surface area contributed by atoms with E-state index in [1.54, 1.807) is 18.2 Å². The predicted molar refractivity (Wildman–Crippen MR) is 106 cm³/mol. The number of anilines is 1. The lowest BCUT2D eigenvalue weighted by atomic mass is 10.1. The molecular weight excluding hydrogens is 326 g/mol. The van der Waals surface area contributed by atoms with Gasteiger partial charge in [0.1, 0.15) is 6.61 Å². The second-order valence-electron chi connectivity index (χ2n) is 5.77. The quantitative estimate of drug-likeness (QED) is 0.409. The molecule has 0 radical (unpaired) electrons. The third kappa shape index (κ3) is 5.15. The van der Waals surface area contributed by atoms with Crippen molar-refractivity contribution in [3.05, 3.63) is 59.7 Å². The first kappa shape index (κ1) is 19.1. The summed E-state index contributed by atoms with van der Waals surface area (Å²) in [7, 11) is 3.92. The Kier molecular flexibility index (Phi) is 6.87. The van der Waals surface area contributed by atoms with Gasteiger partial charge in [0.15, 0.2) is 17.3 Å². The molecular formula is C22H23NO3. The van der Waals surface area contributed by atoms with Crippen LogP contribution in [0.5, 0.6) is 11.5 Å². The highest BCUT2D eigenvalue weighted by Crippen LogP contribution is 2.29. The average Bonchev–Trinajstić information content (AvgIpc) is 2.65. The average molecular weight is 349 g/mol. The van der Waals surface area contributed by atoms with Crippen molar-refractivity contribution < 1.29 is 14.3 Å². The van der Waals surface area contributed by atoms with Crippen LogP contribution in [0.2, 0.25) is 0 Å². The van der Waals surface area contributed by atoms with Crippen LogP contribution in [-0.4, -0.2) is 33.1 Å². The standard InChI is InChI=1S/C22H23NO3/c1-5-15-26-21-14-8-17(16-22(21)25-6-2)7-13-20(24)18-9-11-19(12-10-18)23(3)4/h1,7-14,16H,6,15H2,2-4H3/b13-7+.